The van der Waals surface area contributed by atoms with E-state index in [4.69, 9.17) is 10.5 Å². The van der Waals surface area contributed by atoms with Gasteiger partial charge in [-0.1, -0.05) is 25.8 Å². The van der Waals surface area contributed by atoms with Crippen LogP contribution in [0.25, 0.3) is 0 Å². The third kappa shape index (κ3) is 3.30. The molecule has 0 bridgehead atoms. The second-order valence-electron chi connectivity index (χ2n) is 5.97. The third-order valence-corrected chi connectivity index (χ3v) is 4.37. The Kier molecular flexibility index (Phi) is 5.00. The molecule has 1 aliphatic rings. The zero-order valence-corrected chi connectivity index (χ0v) is 12.5. The number of pyridine rings is 1. The molecule has 20 heavy (non-hydrogen) atoms. The van der Waals surface area contributed by atoms with Crippen LogP contribution >= 0.6 is 0 Å². The highest BCUT2D eigenvalue weighted by molar-refractivity contribution is 5.39. The first-order valence-corrected chi connectivity index (χ1v) is 7.59. The first-order valence-electron chi connectivity index (χ1n) is 7.59. The van der Waals surface area contributed by atoms with Crippen molar-refractivity contribution in [3.8, 4) is 0 Å². The lowest BCUT2D eigenvalue weighted by Crippen LogP contribution is -2.49. The summed E-state index contributed by atoms with van der Waals surface area (Å²) in [5.41, 5.74) is 6.36. The normalized spacial score (nSPS) is 28.2. The number of anilines is 1. The molecule has 1 aromatic rings. The van der Waals surface area contributed by atoms with Gasteiger partial charge < -0.3 is 15.6 Å². The molecule has 3 atom stereocenters. The summed E-state index contributed by atoms with van der Waals surface area (Å²) in [6, 6.07) is 3.78. The molecule has 4 nitrogen and oxygen atoms in total. The van der Waals surface area contributed by atoms with Gasteiger partial charge in [-0.15, -0.1) is 0 Å². The quantitative estimate of drug-likeness (QED) is 0.868. The number of hydrogen-bond donors (Lipinski definition) is 2. The standard InChI is InChI=1S/C16H26N2O2/c1-3-20-16(8-4-6-12(2)11-16)14(19)10-13-7-5-9-18-15(13)17/h5,7,9,12,14,19H,3-4,6,8,10-11H2,1-2H3,(H2,17,18). The molecule has 1 saturated carbocycles. The molecule has 0 amide bonds. The van der Waals surface area contributed by atoms with Gasteiger partial charge in [0.1, 0.15) is 5.82 Å². The lowest BCUT2D eigenvalue weighted by Gasteiger charge is -2.43. The molecule has 4 heteroatoms. The number of aliphatic hydroxyl groups excluding tert-OH is 1. The zero-order valence-electron chi connectivity index (χ0n) is 12.5. The van der Waals surface area contributed by atoms with Gasteiger partial charge in [0, 0.05) is 19.2 Å². The van der Waals surface area contributed by atoms with Gasteiger partial charge in [0.25, 0.3) is 0 Å². The van der Waals surface area contributed by atoms with Gasteiger partial charge in [-0.3, -0.25) is 0 Å². The maximum Gasteiger partial charge on any atom is 0.126 e. The number of nitrogen functional groups attached to an aromatic ring is 1. The van der Waals surface area contributed by atoms with Crippen LogP contribution in [-0.4, -0.2) is 28.4 Å². The van der Waals surface area contributed by atoms with E-state index >= 15 is 0 Å². The van der Waals surface area contributed by atoms with E-state index < -0.39 is 11.7 Å². The minimum absolute atomic E-state index is 0.422. The van der Waals surface area contributed by atoms with Crippen LogP contribution in [0.3, 0.4) is 0 Å². The van der Waals surface area contributed by atoms with Crippen molar-refractivity contribution in [3.05, 3.63) is 23.9 Å². The second kappa shape index (κ2) is 6.55. The van der Waals surface area contributed by atoms with E-state index in [0.29, 0.717) is 24.8 Å². The van der Waals surface area contributed by atoms with Crippen LogP contribution in [0.2, 0.25) is 0 Å². The Hall–Kier alpha value is -1.13. The molecule has 0 aliphatic heterocycles. The summed E-state index contributed by atoms with van der Waals surface area (Å²) in [6.07, 6.45) is 5.82. The highest BCUT2D eigenvalue weighted by Crippen LogP contribution is 2.38. The van der Waals surface area contributed by atoms with Crippen LogP contribution in [0.1, 0.15) is 45.1 Å². The summed E-state index contributed by atoms with van der Waals surface area (Å²) in [4.78, 5) is 4.09. The van der Waals surface area contributed by atoms with Crippen molar-refractivity contribution < 1.29 is 9.84 Å². The smallest absolute Gasteiger partial charge is 0.126 e. The van der Waals surface area contributed by atoms with Crippen LogP contribution in [0, 0.1) is 5.92 Å². The molecule has 0 radical (unpaired) electrons. The molecule has 0 saturated heterocycles. The Morgan fingerprint density at radius 3 is 3.05 bits per heavy atom. The van der Waals surface area contributed by atoms with Crippen molar-refractivity contribution in [1.82, 2.24) is 4.98 Å². The Morgan fingerprint density at radius 2 is 2.40 bits per heavy atom. The molecule has 1 heterocycles. The number of nitrogens with two attached hydrogens (primary N) is 1. The van der Waals surface area contributed by atoms with E-state index in [1.54, 1.807) is 6.20 Å². The van der Waals surface area contributed by atoms with Crippen LogP contribution in [0.4, 0.5) is 5.82 Å². The first-order chi connectivity index (χ1) is 9.57. The topological polar surface area (TPSA) is 68.4 Å². The molecule has 2 rings (SSSR count). The summed E-state index contributed by atoms with van der Waals surface area (Å²) in [7, 11) is 0. The maximum atomic E-state index is 10.7. The highest BCUT2D eigenvalue weighted by atomic mass is 16.5. The SMILES string of the molecule is CCOC1(C(O)Cc2cccnc2N)CCCC(C)C1. The largest absolute Gasteiger partial charge is 0.390 e. The molecule has 1 aromatic heterocycles. The second-order valence-corrected chi connectivity index (χ2v) is 5.97. The van der Waals surface area contributed by atoms with Crippen molar-refractivity contribution in [2.24, 2.45) is 5.92 Å². The van der Waals surface area contributed by atoms with E-state index in [2.05, 4.69) is 11.9 Å². The van der Waals surface area contributed by atoms with Gasteiger partial charge in [0.2, 0.25) is 0 Å². The number of ether oxygens (including phenoxy) is 1. The zero-order chi connectivity index (χ0) is 14.6. The minimum Gasteiger partial charge on any atom is -0.390 e. The minimum atomic E-state index is -0.531. The fourth-order valence-electron chi connectivity index (χ4n) is 3.38. The molecular weight excluding hydrogens is 252 g/mol. The molecule has 1 fully saturated rings. The van der Waals surface area contributed by atoms with Gasteiger partial charge >= 0.3 is 0 Å². The van der Waals surface area contributed by atoms with E-state index in [1.165, 1.54) is 6.42 Å². The van der Waals surface area contributed by atoms with Crippen molar-refractivity contribution in [2.45, 2.75) is 57.7 Å². The summed E-state index contributed by atoms with van der Waals surface area (Å²) >= 11 is 0. The summed E-state index contributed by atoms with van der Waals surface area (Å²) in [5, 5.41) is 10.7. The van der Waals surface area contributed by atoms with E-state index in [-0.39, 0.29) is 0 Å². The van der Waals surface area contributed by atoms with Crippen LogP contribution < -0.4 is 5.73 Å². The van der Waals surface area contributed by atoms with Gasteiger partial charge in [-0.05, 0) is 37.3 Å². The molecular formula is C16H26N2O2. The molecule has 1 aliphatic carbocycles. The average molecular weight is 278 g/mol. The highest BCUT2D eigenvalue weighted by Gasteiger charge is 2.42. The Labute approximate surface area is 121 Å². The number of hydrogen-bond acceptors (Lipinski definition) is 4. The monoisotopic (exact) mass is 278 g/mol. The number of rotatable bonds is 5. The number of aliphatic hydroxyl groups is 1. The fourth-order valence-corrected chi connectivity index (χ4v) is 3.38. The summed E-state index contributed by atoms with van der Waals surface area (Å²) in [5.74, 6) is 1.10. The van der Waals surface area contributed by atoms with Crippen molar-refractivity contribution >= 4 is 5.82 Å². The van der Waals surface area contributed by atoms with Crippen molar-refractivity contribution in [3.63, 3.8) is 0 Å². The van der Waals surface area contributed by atoms with E-state index in [1.807, 2.05) is 19.1 Å². The third-order valence-electron chi connectivity index (χ3n) is 4.37. The van der Waals surface area contributed by atoms with E-state index in [0.717, 1.165) is 24.8 Å². The Balaban J connectivity index is 2.14. The lowest BCUT2D eigenvalue weighted by molar-refractivity contribution is -0.146. The van der Waals surface area contributed by atoms with Gasteiger partial charge in [-0.25, -0.2) is 4.98 Å². The molecule has 3 unspecified atom stereocenters. The van der Waals surface area contributed by atoms with Gasteiger partial charge in [0.15, 0.2) is 0 Å². The average Bonchev–Trinajstić information content (AvgIpc) is 2.41. The number of nitrogens with zero attached hydrogens (tertiary/aromatic N) is 1. The van der Waals surface area contributed by atoms with Crippen LogP contribution in [0.15, 0.2) is 18.3 Å². The first kappa shape index (κ1) is 15.3. The molecule has 3 N–H and O–H groups in total. The summed E-state index contributed by atoms with van der Waals surface area (Å²) in [6.45, 7) is 4.86. The maximum absolute atomic E-state index is 10.7. The van der Waals surface area contributed by atoms with E-state index in [9.17, 15) is 5.11 Å². The predicted molar refractivity (Wildman–Crippen MR) is 80.3 cm³/mol. The molecule has 112 valence electrons. The lowest BCUT2D eigenvalue weighted by atomic mass is 9.74. The van der Waals surface area contributed by atoms with Crippen molar-refractivity contribution in [1.29, 1.82) is 0 Å². The van der Waals surface area contributed by atoms with Gasteiger partial charge in [-0.2, -0.15) is 0 Å². The molecule has 0 spiro atoms. The molecule has 0 aromatic carbocycles. The Bertz CT molecular complexity index is 434. The summed E-state index contributed by atoms with van der Waals surface area (Å²) < 4.78 is 6.00. The van der Waals surface area contributed by atoms with Crippen molar-refractivity contribution in [2.75, 3.05) is 12.3 Å². The Morgan fingerprint density at radius 1 is 1.60 bits per heavy atom. The van der Waals surface area contributed by atoms with Crippen LogP contribution in [-0.2, 0) is 11.2 Å². The number of aromatic nitrogens is 1. The predicted octanol–water partition coefficient (Wildman–Crippen LogP) is 2.55. The fraction of sp³-hybridized carbons (Fsp3) is 0.688. The van der Waals surface area contributed by atoms with Gasteiger partial charge in [0.05, 0.1) is 11.7 Å². The van der Waals surface area contributed by atoms with Crippen LogP contribution in [0.5, 0.6) is 0 Å².